The average molecular weight is 565 g/mol. The molecule has 7 nitrogen and oxygen atoms in total. The van der Waals surface area contributed by atoms with Crippen molar-refractivity contribution in [2.24, 2.45) is 5.10 Å². The summed E-state index contributed by atoms with van der Waals surface area (Å²) in [6.07, 6.45) is 1.50. The van der Waals surface area contributed by atoms with Crippen LogP contribution in [-0.2, 0) is 14.8 Å². The highest BCUT2D eigenvalue weighted by Crippen LogP contribution is 2.27. The predicted molar refractivity (Wildman–Crippen MR) is 164 cm³/mol. The molecule has 0 fully saturated rings. The number of rotatable bonds is 9. The number of benzene rings is 4. The Morgan fingerprint density at radius 3 is 2.32 bits per heavy atom. The minimum Gasteiger partial charge on any atom is -0.317 e. The lowest BCUT2D eigenvalue weighted by Gasteiger charge is -2.18. The molecule has 0 radical (unpaired) electrons. The fourth-order valence-corrected chi connectivity index (χ4v) is 6.21. The van der Waals surface area contributed by atoms with E-state index < -0.39 is 22.0 Å². The maximum absolute atomic E-state index is 13.1. The summed E-state index contributed by atoms with van der Waals surface area (Å²) in [6.45, 7) is 5.95. The second kappa shape index (κ2) is 11.9. The van der Waals surface area contributed by atoms with Gasteiger partial charge in [0.05, 0.1) is 22.8 Å². The highest BCUT2D eigenvalue weighted by Gasteiger charge is 2.24. The summed E-state index contributed by atoms with van der Waals surface area (Å²) in [5, 5.41) is 6.51. The van der Waals surface area contributed by atoms with Crippen molar-refractivity contribution >= 4 is 32.9 Å². The third-order valence-corrected chi connectivity index (χ3v) is 8.58. The summed E-state index contributed by atoms with van der Waals surface area (Å²) in [4.78, 5) is 13.1. The lowest BCUT2D eigenvalue weighted by atomic mass is 10.0. The largest absolute Gasteiger partial charge is 0.317 e. The van der Waals surface area contributed by atoms with Gasteiger partial charge >= 0.3 is 0 Å². The maximum atomic E-state index is 13.1. The zero-order valence-corrected chi connectivity index (χ0v) is 24.0. The molecule has 1 atom stereocenters. The van der Waals surface area contributed by atoms with Crippen LogP contribution in [0.1, 0.15) is 40.5 Å². The zero-order valence-electron chi connectivity index (χ0n) is 23.2. The standard InChI is InChI=1S/C33H32N4O3S/c1-23-16-18-29(19-17-23)41(39,40)36-31(27-11-5-4-6-12-27)21-33(38)35-34-22-28-20-24(2)37(25(28)3)32-15-9-13-26-10-7-8-14-30(26)32/h4-20,22,31,36H,21H2,1-3H3,(H,35,38)/b34-22-/t31-/m1/s1. The van der Waals surface area contributed by atoms with E-state index in [-0.39, 0.29) is 11.3 Å². The first-order chi connectivity index (χ1) is 19.7. The molecule has 1 amide bonds. The van der Waals surface area contributed by atoms with E-state index in [2.05, 4.69) is 44.1 Å². The van der Waals surface area contributed by atoms with E-state index in [4.69, 9.17) is 0 Å². The van der Waals surface area contributed by atoms with Gasteiger partial charge in [-0.05, 0) is 56.0 Å². The number of carbonyl (C=O) groups is 1. The van der Waals surface area contributed by atoms with Gasteiger partial charge in [0, 0.05) is 28.8 Å². The number of fused-ring (bicyclic) bond motifs is 1. The summed E-state index contributed by atoms with van der Waals surface area (Å²) < 4.78 is 31.1. The minimum absolute atomic E-state index is 0.124. The summed E-state index contributed by atoms with van der Waals surface area (Å²) in [6, 6.07) is 31.4. The molecule has 41 heavy (non-hydrogen) atoms. The van der Waals surface area contributed by atoms with Crippen molar-refractivity contribution in [3.8, 4) is 5.69 Å². The molecule has 5 rings (SSSR count). The van der Waals surface area contributed by atoms with Crippen molar-refractivity contribution in [1.82, 2.24) is 14.7 Å². The lowest BCUT2D eigenvalue weighted by Crippen LogP contribution is -2.32. The minimum atomic E-state index is -3.85. The second-order valence-corrected chi connectivity index (χ2v) is 11.8. The fraction of sp³-hybridized carbons (Fsp3) is 0.152. The van der Waals surface area contributed by atoms with Gasteiger partial charge in [-0.1, -0.05) is 84.4 Å². The van der Waals surface area contributed by atoms with Crippen molar-refractivity contribution in [2.45, 2.75) is 38.1 Å². The Balaban J connectivity index is 1.33. The quantitative estimate of drug-likeness (QED) is 0.167. The van der Waals surface area contributed by atoms with Crippen molar-refractivity contribution in [1.29, 1.82) is 0 Å². The zero-order chi connectivity index (χ0) is 29.0. The van der Waals surface area contributed by atoms with Gasteiger partial charge in [-0.3, -0.25) is 4.79 Å². The summed E-state index contributed by atoms with van der Waals surface area (Å²) in [5.41, 5.74) is 8.20. The molecule has 0 bridgehead atoms. The number of carbonyl (C=O) groups excluding carboxylic acids is 1. The van der Waals surface area contributed by atoms with E-state index in [0.29, 0.717) is 5.56 Å². The number of hydrazone groups is 1. The van der Waals surface area contributed by atoms with E-state index in [1.54, 1.807) is 42.6 Å². The highest BCUT2D eigenvalue weighted by molar-refractivity contribution is 7.89. The Hall–Kier alpha value is -4.53. The number of hydrogen-bond acceptors (Lipinski definition) is 4. The van der Waals surface area contributed by atoms with Gasteiger partial charge in [0.15, 0.2) is 0 Å². The van der Waals surface area contributed by atoms with Crippen LogP contribution < -0.4 is 10.1 Å². The van der Waals surface area contributed by atoms with Crippen LogP contribution in [0.5, 0.6) is 0 Å². The summed E-state index contributed by atoms with van der Waals surface area (Å²) >= 11 is 0. The predicted octanol–water partition coefficient (Wildman–Crippen LogP) is 6.12. The first kappa shape index (κ1) is 28.0. The Kier molecular flexibility index (Phi) is 8.14. The lowest BCUT2D eigenvalue weighted by molar-refractivity contribution is -0.121. The van der Waals surface area contributed by atoms with Crippen LogP contribution in [0.25, 0.3) is 16.5 Å². The normalized spacial score (nSPS) is 12.6. The third kappa shape index (κ3) is 6.29. The maximum Gasteiger partial charge on any atom is 0.242 e. The molecule has 2 N–H and O–H groups in total. The van der Waals surface area contributed by atoms with Gasteiger partial charge in [0.1, 0.15) is 0 Å². The second-order valence-electron chi connectivity index (χ2n) is 10.1. The average Bonchev–Trinajstić information content (AvgIpc) is 3.25. The first-order valence-electron chi connectivity index (χ1n) is 13.4. The molecule has 4 aromatic carbocycles. The molecule has 0 saturated carbocycles. The molecular weight excluding hydrogens is 532 g/mol. The van der Waals surface area contributed by atoms with Crippen LogP contribution >= 0.6 is 0 Å². The molecule has 208 valence electrons. The molecule has 1 aromatic heterocycles. The van der Waals surface area contributed by atoms with Gasteiger partial charge in [-0.25, -0.2) is 18.6 Å². The van der Waals surface area contributed by atoms with Gasteiger partial charge in [0.25, 0.3) is 0 Å². The van der Waals surface area contributed by atoms with Crippen LogP contribution in [0.4, 0.5) is 0 Å². The number of sulfonamides is 1. The van der Waals surface area contributed by atoms with Crippen molar-refractivity contribution in [2.75, 3.05) is 0 Å². The smallest absolute Gasteiger partial charge is 0.242 e. The number of amides is 1. The molecule has 1 heterocycles. The summed E-state index contributed by atoms with van der Waals surface area (Å²) in [7, 11) is -3.85. The van der Waals surface area contributed by atoms with Crippen LogP contribution in [0.15, 0.2) is 113 Å². The topological polar surface area (TPSA) is 92.6 Å². The van der Waals surface area contributed by atoms with Crippen molar-refractivity contribution in [3.63, 3.8) is 0 Å². The number of aryl methyl sites for hydroxylation is 2. The molecule has 5 aromatic rings. The van der Waals surface area contributed by atoms with E-state index in [1.165, 1.54) is 0 Å². The van der Waals surface area contributed by atoms with Crippen molar-refractivity contribution in [3.05, 3.63) is 131 Å². The highest BCUT2D eigenvalue weighted by atomic mass is 32.2. The third-order valence-electron chi connectivity index (χ3n) is 7.09. The SMILES string of the molecule is Cc1ccc(S(=O)(=O)N[C@H](CC(=O)N/N=C\c2cc(C)n(-c3cccc4ccccc34)c2C)c2ccccc2)cc1. The molecule has 0 saturated heterocycles. The Labute approximate surface area is 240 Å². The molecule has 0 spiro atoms. The molecular formula is C33H32N4O3S. The monoisotopic (exact) mass is 564 g/mol. The van der Waals surface area contributed by atoms with E-state index in [9.17, 15) is 13.2 Å². The number of nitrogens with zero attached hydrogens (tertiary/aromatic N) is 2. The summed E-state index contributed by atoms with van der Waals surface area (Å²) in [5.74, 6) is -0.412. The molecule has 0 aliphatic heterocycles. The van der Waals surface area contributed by atoms with Gasteiger partial charge in [-0.2, -0.15) is 5.10 Å². The van der Waals surface area contributed by atoms with E-state index in [1.807, 2.05) is 63.2 Å². The molecule has 0 unspecified atom stereocenters. The van der Waals surface area contributed by atoms with Crippen LogP contribution in [0.2, 0.25) is 0 Å². The van der Waals surface area contributed by atoms with Gasteiger partial charge in [0.2, 0.25) is 15.9 Å². The van der Waals surface area contributed by atoms with Gasteiger partial charge < -0.3 is 4.57 Å². The molecule has 0 aliphatic carbocycles. The molecule has 8 heteroatoms. The van der Waals surface area contributed by atoms with Crippen molar-refractivity contribution < 1.29 is 13.2 Å². The van der Waals surface area contributed by atoms with Crippen LogP contribution in [-0.4, -0.2) is 25.1 Å². The number of nitrogens with one attached hydrogen (secondary N) is 2. The Morgan fingerprint density at radius 2 is 1.56 bits per heavy atom. The Morgan fingerprint density at radius 1 is 0.878 bits per heavy atom. The van der Waals surface area contributed by atoms with Crippen LogP contribution in [0.3, 0.4) is 0 Å². The first-order valence-corrected chi connectivity index (χ1v) is 14.8. The van der Waals surface area contributed by atoms with E-state index >= 15 is 0 Å². The Bertz CT molecular complexity index is 1820. The number of aromatic nitrogens is 1. The number of hydrogen-bond donors (Lipinski definition) is 2. The van der Waals surface area contributed by atoms with Crippen LogP contribution in [0, 0.1) is 20.8 Å². The van der Waals surface area contributed by atoms with E-state index in [0.717, 1.165) is 39.0 Å². The van der Waals surface area contributed by atoms with Gasteiger partial charge in [-0.15, -0.1) is 0 Å². The molecule has 0 aliphatic rings. The fourth-order valence-electron chi connectivity index (χ4n) is 4.98.